The van der Waals surface area contributed by atoms with Crippen molar-refractivity contribution in [2.24, 2.45) is 0 Å². The van der Waals surface area contributed by atoms with Crippen LogP contribution in [0, 0.1) is 0 Å². The molecule has 6 nitrogen and oxygen atoms in total. The van der Waals surface area contributed by atoms with Crippen LogP contribution in [0.5, 0.6) is 0 Å². The number of carbonyl (C=O) groups is 3. The predicted molar refractivity (Wildman–Crippen MR) is 76.3 cm³/mol. The van der Waals surface area contributed by atoms with Gasteiger partial charge in [0, 0.05) is 25.0 Å². The van der Waals surface area contributed by atoms with Crippen molar-refractivity contribution in [1.82, 2.24) is 15.5 Å². The van der Waals surface area contributed by atoms with Gasteiger partial charge >= 0.3 is 0 Å². The van der Waals surface area contributed by atoms with Crippen LogP contribution in [0.3, 0.4) is 0 Å². The van der Waals surface area contributed by atoms with Crippen molar-refractivity contribution < 1.29 is 14.4 Å². The lowest BCUT2D eigenvalue weighted by Crippen LogP contribution is -2.52. The van der Waals surface area contributed by atoms with Crippen molar-refractivity contribution in [3.8, 4) is 0 Å². The molecule has 116 valence electrons. The van der Waals surface area contributed by atoms with Crippen molar-refractivity contribution in [2.45, 2.75) is 69.5 Å². The van der Waals surface area contributed by atoms with Crippen LogP contribution in [0.1, 0.15) is 51.4 Å². The van der Waals surface area contributed by atoms with Crippen LogP contribution in [0.4, 0.5) is 0 Å². The maximum absolute atomic E-state index is 12.5. The average molecular weight is 293 g/mol. The lowest BCUT2D eigenvalue weighted by atomic mass is 9.94. The first-order chi connectivity index (χ1) is 10.1. The maximum Gasteiger partial charge on any atom is 0.247 e. The van der Waals surface area contributed by atoms with Crippen molar-refractivity contribution >= 4 is 17.7 Å². The van der Waals surface area contributed by atoms with Crippen LogP contribution in [0.25, 0.3) is 0 Å². The smallest absolute Gasteiger partial charge is 0.247 e. The first-order valence-electron chi connectivity index (χ1n) is 8.04. The summed E-state index contributed by atoms with van der Waals surface area (Å²) >= 11 is 0. The molecule has 6 heteroatoms. The van der Waals surface area contributed by atoms with Gasteiger partial charge in [-0.2, -0.15) is 0 Å². The van der Waals surface area contributed by atoms with Gasteiger partial charge in [-0.3, -0.25) is 19.3 Å². The van der Waals surface area contributed by atoms with Crippen LogP contribution in [-0.2, 0) is 14.4 Å². The molecular weight excluding hydrogens is 270 g/mol. The highest BCUT2D eigenvalue weighted by Gasteiger charge is 2.43. The summed E-state index contributed by atoms with van der Waals surface area (Å²) in [6.45, 7) is 0.542. The summed E-state index contributed by atoms with van der Waals surface area (Å²) in [6, 6.07) is -0.202. The molecule has 0 spiro atoms. The molecule has 2 N–H and O–H groups in total. The zero-order chi connectivity index (χ0) is 14.8. The van der Waals surface area contributed by atoms with E-state index in [1.165, 1.54) is 11.3 Å². The van der Waals surface area contributed by atoms with Gasteiger partial charge < -0.3 is 10.6 Å². The number of hydrogen-bond donors (Lipinski definition) is 2. The summed E-state index contributed by atoms with van der Waals surface area (Å²) in [4.78, 5) is 37.4. The van der Waals surface area contributed by atoms with E-state index < -0.39 is 6.04 Å². The Morgan fingerprint density at radius 3 is 2.48 bits per heavy atom. The van der Waals surface area contributed by atoms with Crippen LogP contribution in [0.2, 0.25) is 0 Å². The Hall–Kier alpha value is -1.43. The van der Waals surface area contributed by atoms with E-state index in [1.807, 2.05) is 0 Å². The number of hydrogen-bond acceptors (Lipinski definition) is 4. The van der Waals surface area contributed by atoms with Gasteiger partial charge in [0.15, 0.2) is 0 Å². The molecule has 0 aromatic carbocycles. The molecule has 3 fully saturated rings. The number of likely N-dealkylation sites (tertiary alicyclic amines) is 1. The molecule has 3 amide bonds. The second-order valence-corrected chi connectivity index (χ2v) is 6.36. The highest BCUT2D eigenvalue weighted by molar-refractivity contribution is 6.05. The number of nitrogens with one attached hydrogen (secondary N) is 2. The standard InChI is InChI=1S/C15H23N3O3/c19-13-7-6-10(9-16-13)17-12-8-14(20)18(15(12)21)11-4-2-1-3-5-11/h10-12,17H,1-9H2,(H,16,19). The Morgan fingerprint density at radius 1 is 1.05 bits per heavy atom. The van der Waals surface area contributed by atoms with Gasteiger partial charge in [0.25, 0.3) is 0 Å². The van der Waals surface area contributed by atoms with Crippen molar-refractivity contribution in [3.63, 3.8) is 0 Å². The number of piperidine rings is 1. The molecule has 2 atom stereocenters. The number of carbonyl (C=O) groups excluding carboxylic acids is 3. The Labute approximate surface area is 124 Å². The third-order valence-electron chi connectivity index (χ3n) is 4.83. The molecule has 0 aromatic heterocycles. The molecule has 3 aliphatic rings. The van der Waals surface area contributed by atoms with Crippen LogP contribution in [-0.4, -0.2) is 47.3 Å². The van der Waals surface area contributed by atoms with E-state index in [2.05, 4.69) is 10.6 Å². The molecule has 1 aliphatic carbocycles. The first-order valence-corrected chi connectivity index (χ1v) is 8.04. The van der Waals surface area contributed by atoms with E-state index in [9.17, 15) is 14.4 Å². The van der Waals surface area contributed by atoms with Crippen LogP contribution < -0.4 is 10.6 Å². The molecule has 0 radical (unpaired) electrons. The summed E-state index contributed by atoms with van der Waals surface area (Å²) in [5, 5.41) is 6.06. The van der Waals surface area contributed by atoms with E-state index in [0.717, 1.165) is 32.1 Å². The molecule has 1 saturated carbocycles. The fourth-order valence-corrected chi connectivity index (χ4v) is 3.66. The highest BCUT2D eigenvalue weighted by Crippen LogP contribution is 2.27. The van der Waals surface area contributed by atoms with Gasteiger partial charge in [0.1, 0.15) is 0 Å². The van der Waals surface area contributed by atoms with E-state index in [-0.39, 0.29) is 36.2 Å². The van der Waals surface area contributed by atoms with Gasteiger partial charge in [0.2, 0.25) is 17.7 Å². The normalized spacial score (nSPS) is 31.6. The Kier molecular flexibility index (Phi) is 4.24. The molecule has 21 heavy (non-hydrogen) atoms. The minimum atomic E-state index is -0.403. The van der Waals surface area contributed by atoms with E-state index in [4.69, 9.17) is 0 Å². The molecule has 2 saturated heterocycles. The zero-order valence-electron chi connectivity index (χ0n) is 12.3. The fourth-order valence-electron chi connectivity index (χ4n) is 3.66. The summed E-state index contributed by atoms with van der Waals surface area (Å²) in [5.74, 6) is -0.0428. The summed E-state index contributed by atoms with van der Waals surface area (Å²) in [7, 11) is 0. The Bertz CT molecular complexity index is 435. The SMILES string of the molecule is O=C1CCC(NC2CC(=O)N(C3CCCCC3)C2=O)CN1. The predicted octanol–water partition coefficient (Wildman–Crippen LogP) is 0.315. The van der Waals surface area contributed by atoms with Crippen molar-refractivity contribution in [1.29, 1.82) is 0 Å². The van der Waals surface area contributed by atoms with Crippen LogP contribution >= 0.6 is 0 Å². The minimum absolute atomic E-state index is 0.0377. The summed E-state index contributed by atoms with van der Waals surface area (Å²) < 4.78 is 0. The van der Waals surface area contributed by atoms with Gasteiger partial charge in [-0.05, 0) is 19.3 Å². The van der Waals surface area contributed by atoms with Gasteiger partial charge in [-0.15, -0.1) is 0 Å². The third-order valence-corrected chi connectivity index (χ3v) is 4.83. The maximum atomic E-state index is 12.5. The molecule has 2 heterocycles. The lowest BCUT2D eigenvalue weighted by Gasteiger charge is -2.30. The molecule has 2 unspecified atom stereocenters. The summed E-state index contributed by atoms with van der Waals surface area (Å²) in [6.07, 6.45) is 6.79. The molecule has 2 aliphatic heterocycles. The van der Waals surface area contributed by atoms with Gasteiger partial charge in [-0.25, -0.2) is 0 Å². The quantitative estimate of drug-likeness (QED) is 0.734. The van der Waals surface area contributed by atoms with Gasteiger partial charge in [0.05, 0.1) is 12.5 Å². The van der Waals surface area contributed by atoms with E-state index in [1.54, 1.807) is 0 Å². The number of nitrogens with zero attached hydrogens (tertiary/aromatic N) is 1. The number of rotatable bonds is 3. The Balaban J connectivity index is 1.59. The number of amides is 3. The molecule has 0 bridgehead atoms. The van der Waals surface area contributed by atoms with Gasteiger partial charge in [-0.1, -0.05) is 19.3 Å². The number of imide groups is 1. The van der Waals surface area contributed by atoms with Crippen molar-refractivity contribution in [3.05, 3.63) is 0 Å². The zero-order valence-corrected chi connectivity index (χ0v) is 12.3. The van der Waals surface area contributed by atoms with Crippen molar-refractivity contribution in [2.75, 3.05) is 6.54 Å². The molecule has 0 aromatic rings. The first kappa shape index (κ1) is 14.5. The monoisotopic (exact) mass is 293 g/mol. The minimum Gasteiger partial charge on any atom is -0.355 e. The second-order valence-electron chi connectivity index (χ2n) is 6.36. The average Bonchev–Trinajstić information content (AvgIpc) is 2.77. The Morgan fingerprint density at radius 2 is 1.81 bits per heavy atom. The third kappa shape index (κ3) is 3.10. The largest absolute Gasteiger partial charge is 0.355 e. The van der Waals surface area contributed by atoms with E-state index >= 15 is 0 Å². The molecular formula is C15H23N3O3. The second kappa shape index (κ2) is 6.13. The summed E-state index contributed by atoms with van der Waals surface area (Å²) in [5.41, 5.74) is 0. The van der Waals surface area contributed by atoms with E-state index in [0.29, 0.717) is 13.0 Å². The fraction of sp³-hybridized carbons (Fsp3) is 0.800. The molecule has 3 rings (SSSR count). The lowest BCUT2D eigenvalue weighted by molar-refractivity contribution is -0.142. The topological polar surface area (TPSA) is 78.5 Å². The van der Waals surface area contributed by atoms with Crippen LogP contribution in [0.15, 0.2) is 0 Å². The highest BCUT2D eigenvalue weighted by atomic mass is 16.2.